The van der Waals surface area contributed by atoms with Crippen LogP contribution in [0.5, 0.6) is 0 Å². The highest BCUT2D eigenvalue weighted by Crippen LogP contribution is 2.15. The molecule has 0 aliphatic heterocycles. The van der Waals surface area contributed by atoms with E-state index in [1.54, 1.807) is 4.68 Å². The van der Waals surface area contributed by atoms with Gasteiger partial charge < -0.3 is 5.73 Å². The monoisotopic (exact) mass is 349 g/mol. The molecular formula is C20H23N5O. The summed E-state index contributed by atoms with van der Waals surface area (Å²) in [5, 5.41) is 4.19. The van der Waals surface area contributed by atoms with E-state index < -0.39 is 0 Å². The summed E-state index contributed by atoms with van der Waals surface area (Å²) < 4.78 is 1.78. The second kappa shape index (κ2) is 7.91. The average molecular weight is 349 g/mol. The minimum atomic E-state index is -0.311. The van der Waals surface area contributed by atoms with Crippen LogP contribution in [0.2, 0.25) is 0 Å². The molecular weight excluding hydrogens is 326 g/mol. The van der Waals surface area contributed by atoms with Gasteiger partial charge in [-0.3, -0.25) is 9.48 Å². The third-order valence-corrected chi connectivity index (χ3v) is 4.36. The highest BCUT2D eigenvalue weighted by molar-refractivity contribution is 5.77. The highest BCUT2D eigenvalue weighted by Gasteiger charge is 2.09. The fraction of sp³-hybridized carbons (Fsp3) is 0.300. The van der Waals surface area contributed by atoms with Gasteiger partial charge in [0.2, 0.25) is 5.91 Å². The molecule has 0 atom stereocenters. The van der Waals surface area contributed by atoms with E-state index in [4.69, 9.17) is 10.7 Å². The van der Waals surface area contributed by atoms with Crippen LogP contribution in [-0.2, 0) is 37.5 Å². The summed E-state index contributed by atoms with van der Waals surface area (Å²) in [6.07, 6.45) is 8.23. The molecule has 3 rings (SSSR count). The number of carbonyl (C=O) groups excluding carboxylic acids is 1. The van der Waals surface area contributed by atoms with Crippen LogP contribution >= 0.6 is 0 Å². The van der Waals surface area contributed by atoms with E-state index in [2.05, 4.69) is 10.1 Å². The average Bonchev–Trinajstić information content (AvgIpc) is 3.01. The van der Waals surface area contributed by atoms with Gasteiger partial charge in [0, 0.05) is 31.6 Å². The molecule has 6 heteroatoms. The first-order valence-electron chi connectivity index (χ1n) is 8.65. The summed E-state index contributed by atoms with van der Waals surface area (Å²) in [6.45, 7) is 2.03. The topological polar surface area (TPSA) is 86.7 Å². The van der Waals surface area contributed by atoms with Gasteiger partial charge in [-0.05, 0) is 42.0 Å². The van der Waals surface area contributed by atoms with Gasteiger partial charge in [-0.1, -0.05) is 24.3 Å². The van der Waals surface area contributed by atoms with Crippen molar-refractivity contribution in [2.75, 3.05) is 0 Å². The number of benzene rings is 1. The third kappa shape index (κ3) is 4.53. The van der Waals surface area contributed by atoms with E-state index in [0.29, 0.717) is 6.42 Å². The quantitative estimate of drug-likeness (QED) is 0.706. The summed E-state index contributed by atoms with van der Waals surface area (Å²) in [5.74, 6) is 0.485. The van der Waals surface area contributed by atoms with Crippen LogP contribution in [0.4, 0.5) is 0 Å². The number of nitrogens with two attached hydrogens (primary N) is 1. The van der Waals surface area contributed by atoms with Gasteiger partial charge in [0.1, 0.15) is 5.82 Å². The zero-order valence-electron chi connectivity index (χ0n) is 15.1. The maximum Gasteiger partial charge on any atom is 0.221 e. The molecule has 0 bridgehead atoms. The molecule has 0 unspecified atom stereocenters. The van der Waals surface area contributed by atoms with Crippen LogP contribution in [0.15, 0.2) is 42.9 Å². The minimum absolute atomic E-state index is 0.269. The second-order valence-electron chi connectivity index (χ2n) is 6.53. The summed E-state index contributed by atoms with van der Waals surface area (Å²) in [7, 11) is 1.90. The summed E-state index contributed by atoms with van der Waals surface area (Å²) >= 11 is 0. The molecule has 0 spiro atoms. The van der Waals surface area contributed by atoms with Crippen molar-refractivity contribution in [1.29, 1.82) is 0 Å². The minimum Gasteiger partial charge on any atom is -0.369 e. The van der Waals surface area contributed by atoms with Crippen molar-refractivity contribution < 1.29 is 4.79 Å². The first-order valence-corrected chi connectivity index (χ1v) is 8.65. The summed E-state index contributed by atoms with van der Waals surface area (Å²) in [5.41, 5.74) is 10.7. The maximum atomic E-state index is 11.3. The van der Waals surface area contributed by atoms with Crippen molar-refractivity contribution >= 4 is 5.91 Å². The third-order valence-electron chi connectivity index (χ3n) is 4.36. The molecule has 2 aromatic heterocycles. The van der Waals surface area contributed by atoms with Crippen LogP contribution in [0.25, 0.3) is 0 Å². The molecule has 0 fully saturated rings. The smallest absolute Gasteiger partial charge is 0.221 e. The molecule has 134 valence electrons. The number of nitrogens with zero attached hydrogens (tertiary/aromatic N) is 4. The largest absolute Gasteiger partial charge is 0.369 e. The number of carbonyl (C=O) groups is 1. The Balaban J connectivity index is 1.74. The van der Waals surface area contributed by atoms with Gasteiger partial charge in [-0.25, -0.2) is 9.97 Å². The molecule has 0 aliphatic rings. The molecule has 1 aromatic carbocycles. The number of rotatable bonds is 7. The number of aromatic nitrogens is 4. The van der Waals surface area contributed by atoms with Crippen molar-refractivity contribution in [2.24, 2.45) is 12.8 Å². The Labute approximate surface area is 153 Å². The molecule has 0 radical (unpaired) electrons. The van der Waals surface area contributed by atoms with Crippen molar-refractivity contribution in [2.45, 2.75) is 32.6 Å². The molecule has 2 N–H and O–H groups in total. The van der Waals surface area contributed by atoms with Crippen LogP contribution in [-0.4, -0.2) is 25.7 Å². The first-order chi connectivity index (χ1) is 12.5. The Morgan fingerprint density at radius 1 is 1.15 bits per heavy atom. The van der Waals surface area contributed by atoms with Gasteiger partial charge >= 0.3 is 0 Å². The molecule has 26 heavy (non-hydrogen) atoms. The van der Waals surface area contributed by atoms with Crippen LogP contribution in [0.3, 0.4) is 0 Å². The predicted molar refractivity (Wildman–Crippen MR) is 99.5 cm³/mol. The predicted octanol–water partition coefficient (Wildman–Crippen LogP) is 1.92. The van der Waals surface area contributed by atoms with Crippen molar-refractivity contribution in [1.82, 2.24) is 19.7 Å². The number of primary amides is 1. The van der Waals surface area contributed by atoms with Gasteiger partial charge in [0.05, 0.1) is 12.6 Å². The molecule has 6 nitrogen and oxygen atoms in total. The first kappa shape index (κ1) is 17.8. The van der Waals surface area contributed by atoms with Crippen LogP contribution in [0, 0.1) is 6.92 Å². The summed E-state index contributed by atoms with van der Waals surface area (Å²) in [6, 6.07) is 7.93. The lowest BCUT2D eigenvalue weighted by Crippen LogP contribution is -2.15. The maximum absolute atomic E-state index is 11.3. The summed E-state index contributed by atoms with van der Waals surface area (Å²) in [4.78, 5) is 20.5. The van der Waals surface area contributed by atoms with Gasteiger partial charge in [0.25, 0.3) is 0 Å². The van der Waals surface area contributed by atoms with E-state index in [1.807, 2.05) is 56.8 Å². The van der Waals surface area contributed by atoms with E-state index >= 15 is 0 Å². The molecule has 1 amide bonds. The van der Waals surface area contributed by atoms with Crippen molar-refractivity contribution in [3.63, 3.8) is 0 Å². The number of hydrogen-bond donors (Lipinski definition) is 1. The molecule has 0 saturated heterocycles. The lowest BCUT2D eigenvalue weighted by Gasteiger charge is -2.10. The number of hydrogen-bond acceptors (Lipinski definition) is 4. The van der Waals surface area contributed by atoms with E-state index in [1.165, 1.54) is 0 Å². The van der Waals surface area contributed by atoms with Crippen molar-refractivity contribution in [3.8, 4) is 0 Å². The van der Waals surface area contributed by atoms with Gasteiger partial charge in [0.15, 0.2) is 0 Å². The SMILES string of the molecule is Cc1cnc(Cc2cnn(C)c2)nc1CCc1ccccc1CC(N)=O. The lowest BCUT2D eigenvalue weighted by molar-refractivity contribution is -0.117. The number of amides is 1. The number of aryl methyl sites for hydroxylation is 4. The van der Waals surface area contributed by atoms with Gasteiger partial charge in [-0.2, -0.15) is 5.10 Å². The van der Waals surface area contributed by atoms with E-state index in [9.17, 15) is 4.79 Å². The highest BCUT2D eigenvalue weighted by atomic mass is 16.1. The van der Waals surface area contributed by atoms with E-state index in [0.717, 1.165) is 46.6 Å². The lowest BCUT2D eigenvalue weighted by atomic mass is 9.98. The molecule has 2 heterocycles. The molecule has 0 saturated carbocycles. The Kier molecular flexibility index (Phi) is 5.41. The Morgan fingerprint density at radius 2 is 1.92 bits per heavy atom. The Bertz CT molecular complexity index is 916. The van der Waals surface area contributed by atoms with Crippen LogP contribution < -0.4 is 5.73 Å². The Hall–Kier alpha value is -3.02. The van der Waals surface area contributed by atoms with Crippen molar-refractivity contribution in [3.05, 3.63) is 76.6 Å². The molecule has 3 aromatic rings. The standard InChI is InChI=1S/C20H23N5O/c1-14-11-22-20(9-15-12-23-25(2)13-15)24-18(14)8-7-16-5-3-4-6-17(16)10-19(21)26/h3-6,11-13H,7-10H2,1-2H3,(H2,21,26). The zero-order chi connectivity index (χ0) is 18.5. The van der Waals surface area contributed by atoms with E-state index in [-0.39, 0.29) is 12.3 Å². The second-order valence-corrected chi connectivity index (χ2v) is 6.53. The Morgan fingerprint density at radius 3 is 2.62 bits per heavy atom. The normalized spacial score (nSPS) is 10.8. The fourth-order valence-corrected chi connectivity index (χ4v) is 3.02. The fourth-order valence-electron chi connectivity index (χ4n) is 3.02. The van der Waals surface area contributed by atoms with Crippen LogP contribution in [0.1, 0.15) is 33.8 Å². The molecule has 0 aliphatic carbocycles. The zero-order valence-corrected chi connectivity index (χ0v) is 15.1. The van der Waals surface area contributed by atoms with Gasteiger partial charge in [-0.15, -0.1) is 0 Å².